The van der Waals surface area contributed by atoms with Crippen molar-refractivity contribution in [1.29, 1.82) is 10.5 Å². The molecule has 0 radical (unpaired) electrons. The predicted octanol–water partition coefficient (Wildman–Crippen LogP) is 3.23. The Morgan fingerprint density at radius 3 is 2.26 bits per heavy atom. The Bertz CT molecular complexity index is 811. The van der Waals surface area contributed by atoms with Gasteiger partial charge < -0.3 is 0 Å². The Morgan fingerprint density at radius 2 is 1.63 bits per heavy atom. The Morgan fingerprint density at radius 1 is 1.00 bits per heavy atom. The number of rotatable bonds is 0. The average Bonchev–Trinajstić information content (AvgIpc) is 2.45. The Labute approximate surface area is 110 Å². The lowest BCUT2D eigenvalue weighted by Crippen LogP contribution is -2.10. The van der Waals surface area contributed by atoms with Gasteiger partial charge in [0, 0.05) is 17.4 Å². The summed E-state index contributed by atoms with van der Waals surface area (Å²) in [7, 11) is 0. The van der Waals surface area contributed by atoms with E-state index in [0.29, 0.717) is 11.1 Å². The highest BCUT2D eigenvalue weighted by Gasteiger charge is 2.24. The molecule has 3 heteroatoms. The number of nitriles is 2. The van der Waals surface area contributed by atoms with E-state index in [0.717, 1.165) is 16.3 Å². The zero-order chi connectivity index (χ0) is 13.4. The van der Waals surface area contributed by atoms with Gasteiger partial charge in [-0.1, -0.05) is 36.4 Å². The Balaban J connectivity index is 2.50. The summed E-state index contributed by atoms with van der Waals surface area (Å²) in [5.74, 6) is -0.0395. The summed E-state index contributed by atoms with van der Waals surface area (Å²) in [5.41, 5.74) is 2.06. The number of nitrogens with zero attached hydrogens (tertiary/aromatic N) is 2. The summed E-state index contributed by atoms with van der Waals surface area (Å²) in [5, 5.41) is 19.9. The van der Waals surface area contributed by atoms with Crippen molar-refractivity contribution in [2.45, 2.75) is 6.42 Å². The largest absolute Gasteiger partial charge is 0.294 e. The number of Topliss-reactive ketones (excluding diaryl/α,β-unsaturated/α-hetero) is 1. The summed E-state index contributed by atoms with van der Waals surface area (Å²) in [6.07, 6.45) is 0.118. The highest BCUT2D eigenvalue weighted by molar-refractivity contribution is 6.19. The fourth-order valence-electron chi connectivity index (χ4n) is 2.56. The molecule has 0 aliphatic heterocycles. The quantitative estimate of drug-likeness (QED) is 0.668. The van der Waals surface area contributed by atoms with Gasteiger partial charge in [-0.05, 0) is 16.5 Å². The van der Waals surface area contributed by atoms with Crippen LogP contribution in [0.4, 0.5) is 0 Å². The first-order chi connectivity index (χ1) is 9.26. The van der Waals surface area contributed by atoms with Crippen molar-refractivity contribution >= 4 is 22.1 Å². The van der Waals surface area contributed by atoms with Crippen molar-refractivity contribution < 1.29 is 4.79 Å². The van der Waals surface area contributed by atoms with Crippen LogP contribution in [0.3, 0.4) is 0 Å². The number of ketones is 1. The monoisotopic (exact) mass is 244 g/mol. The van der Waals surface area contributed by atoms with E-state index in [2.05, 4.69) is 0 Å². The lowest BCUT2D eigenvalue weighted by molar-refractivity contribution is 0.0998. The summed E-state index contributed by atoms with van der Waals surface area (Å²) in [6.45, 7) is 0. The van der Waals surface area contributed by atoms with E-state index < -0.39 is 0 Å². The minimum Gasteiger partial charge on any atom is -0.294 e. The van der Waals surface area contributed by atoms with Crippen molar-refractivity contribution in [1.82, 2.24) is 0 Å². The number of allylic oxidation sites excluding steroid dienone is 2. The van der Waals surface area contributed by atoms with Gasteiger partial charge in [-0.15, -0.1) is 0 Å². The van der Waals surface area contributed by atoms with Crippen molar-refractivity contribution in [3.05, 3.63) is 53.1 Å². The number of benzene rings is 2. The second-order valence-corrected chi connectivity index (χ2v) is 4.39. The van der Waals surface area contributed by atoms with Crippen LogP contribution in [-0.4, -0.2) is 5.78 Å². The molecule has 88 valence electrons. The lowest BCUT2D eigenvalue weighted by Gasteiger charge is -2.19. The molecule has 2 aromatic carbocycles. The first-order valence-electron chi connectivity index (χ1n) is 5.85. The van der Waals surface area contributed by atoms with Crippen LogP contribution in [0.5, 0.6) is 0 Å². The van der Waals surface area contributed by atoms with Crippen LogP contribution in [-0.2, 0) is 0 Å². The molecule has 0 heterocycles. The van der Waals surface area contributed by atoms with Gasteiger partial charge in [0.05, 0.1) is 0 Å². The molecule has 3 nitrogen and oxygen atoms in total. The summed E-state index contributed by atoms with van der Waals surface area (Å²) >= 11 is 0. The number of carbonyl (C=O) groups excluding carboxylic acids is 1. The number of hydrogen-bond donors (Lipinski definition) is 0. The molecule has 0 saturated heterocycles. The standard InChI is InChI=1S/C16H8N2O/c17-8-11(9-18)14-7-15(19)13-6-2-4-10-3-1-5-12(14)16(10)13/h1-6H,7H2. The zero-order valence-corrected chi connectivity index (χ0v) is 9.97. The van der Waals surface area contributed by atoms with Gasteiger partial charge in [0.25, 0.3) is 0 Å². The molecule has 3 rings (SSSR count). The molecule has 0 bridgehead atoms. The third-order valence-electron chi connectivity index (χ3n) is 3.39. The topological polar surface area (TPSA) is 64.7 Å². The fraction of sp³-hybridized carbons (Fsp3) is 0.0625. The Kier molecular flexibility index (Phi) is 2.41. The maximum Gasteiger partial charge on any atom is 0.167 e. The van der Waals surface area contributed by atoms with Crippen LogP contribution < -0.4 is 0 Å². The van der Waals surface area contributed by atoms with Gasteiger partial charge in [-0.25, -0.2) is 0 Å². The van der Waals surface area contributed by atoms with Gasteiger partial charge in [0.15, 0.2) is 5.78 Å². The molecule has 0 spiro atoms. The van der Waals surface area contributed by atoms with Crippen molar-refractivity contribution in [3.63, 3.8) is 0 Å². The molecule has 19 heavy (non-hydrogen) atoms. The SMILES string of the molecule is N#CC(C#N)=C1CC(=O)c2cccc3cccc1c23. The second kappa shape index (κ2) is 4.08. The van der Waals surface area contributed by atoms with Crippen LogP contribution in [0.1, 0.15) is 22.3 Å². The van der Waals surface area contributed by atoms with Gasteiger partial charge in [-0.2, -0.15) is 10.5 Å². The molecule has 0 aromatic heterocycles. The molecule has 1 aliphatic carbocycles. The molecular weight excluding hydrogens is 236 g/mol. The highest BCUT2D eigenvalue weighted by atomic mass is 16.1. The molecule has 0 fully saturated rings. The van der Waals surface area contributed by atoms with E-state index in [4.69, 9.17) is 10.5 Å². The van der Waals surface area contributed by atoms with Gasteiger partial charge in [-0.3, -0.25) is 4.79 Å². The van der Waals surface area contributed by atoms with Gasteiger partial charge in [0.2, 0.25) is 0 Å². The fourth-order valence-corrected chi connectivity index (χ4v) is 2.56. The van der Waals surface area contributed by atoms with E-state index in [1.807, 2.05) is 42.5 Å². The Hall–Kier alpha value is -2.91. The molecule has 0 saturated carbocycles. The highest BCUT2D eigenvalue weighted by Crippen LogP contribution is 2.37. The van der Waals surface area contributed by atoms with E-state index >= 15 is 0 Å². The molecule has 0 atom stereocenters. The molecule has 0 unspecified atom stereocenters. The number of hydrogen-bond acceptors (Lipinski definition) is 3. The van der Waals surface area contributed by atoms with Crippen LogP contribution in [0.2, 0.25) is 0 Å². The molecule has 0 N–H and O–H groups in total. The van der Waals surface area contributed by atoms with E-state index in [-0.39, 0.29) is 17.8 Å². The number of carbonyl (C=O) groups is 1. The van der Waals surface area contributed by atoms with Crippen molar-refractivity contribution in [3.8, 4) is 12.1 Å². The molecule has 2 aromatic rings. The first-order valence-corrected chi connectivity index (χ1v) is 5.85. The molecule has 1 aliphatic rings. The molecule has 0 amide bonds. The van der Waals surface area contributed by atoms with Gasteiger partial charge >= 0.3 is 0 Å². The van der Waals surface area contributed by atoms with Crippen molar-refractivity contribution in [2.75, 3.05) is 0 Å². The van der Waals surface area contributed by atoms with Crippen LogP contribution >= 0.6 is 0 Å². The van der Waals surface area contributed by atoms with E-state index in [1.165, 1.54) is 0 Å². The predicted molar refractivity (Wildman–Crippen MR) is 71.0 cm³/mol. The van der Waals surface area contributed by atoms with E-state index in [1.54, 1.807) is 6.07 Å². The normalized spacial score (nSPS) is 12.9. The summed E-state index contributed by atoms with van der Waals surface area (Å²) < 4.78 is 0. The van der Waals surface area contributed by atoms with Crippen LogP contribution in [0.25, 0.3) is 16.3 Å². The maximum absolute atomic E-state index is 12.2. The van der Waals surface area contributed by atoms with Crippen LogP contribution in [0, 0.1) is 22.7 Å². The third kappa shape index (κ3) is 1.53. The maximum atomic E-state index is 12.2. The van der Waals surface area contributed by atoms with Crippen LogP contribution in [0.15, 0.2) is 42.0 Å². The lowest BCUT2D eigenvalue weighted by atomic mass is 9.82. The minimum absolute atomic E-state index is 0.0235. The minimum atomic E-state index is -0.0395. The second-order valence-electron chi connectivity index (χ2n) is 4.39. The third-order valence-corrected chi connectivity index (χ3v) is 3.39. The smallest absolute Gasteiger partial charge is 0.167 e. The summed E-state index contributed by atoms with van der Waals surface area (Å²) in [6, 6.07) is 15.0. The van der Waals surface area contributed by atoms with Crippen molar-refractivity contribution in [2.24, 2.45) is 0 Å². The zero-order valence-electron chi connectivity index (χ0n) is 9.97. The molecular formula is C16H8N2O. The van der Waals surface area contributed by atoms with Gasteiger partial charge in [0.1, 0.15) is 17.7 Å². The first kappa shape index (κ1) is 11.2. The summed E-state index contributed by atoms with van der Waals surface area (Å²) in [4.78, 5) is 12.2. The van der Waals surface area contributed by atoms with E-state index in [9.17, 15) is 4.79 Å². The average molecular weight is 244 g/mol.